The van der Waals surface area contributed by atoms with Crippen molar-refractivity contribution in [3.63, 3.8) is 0 Å². The SMILES string of the molecule is Cc1cc(C)cc(-n2ncc3c(=O)n(CC#N)cnc32)c1. The van der Waals surface area contributed by atoms with Crippen LogP contribution in [0.3, 0.4) is 0 Å². The molecule has 0 saturated heterocycles. The number of aromatic nitrogens is 4. The molecular formula is C15H13N5O. The number of nitrogens with zero attached hydrogens (tertiary/aromatic N) is 5. The number of fused-ring (bicyclic) bond motifs is 1. The van der Waals surface area contributed by atoms with Crippen LogP contribution in [0.5, 0.6) is 0 Å². The fourth-order valence-electron chi connectivity index (χ4n) is 2.40. The molecular weight excluding hydrogens is 266 g/mol. The largest absolute Gasteiger partial charge is 0.285 e. The lowest BCUT2D eigenvalue weighted by atomic mass is 10.1. The molecule has 0 radical (unpaired) electrons. The van der Waals surface area contributed by atoms with Crippen LogP contribution in [0.15, 0.2) is 35.5 Å². The van der Waals surface area contributed by atoms with Crippen molar-refractivity contribution >= 4 is 11.0 Å². The second-order valence-electron chi connectivity index (χ2n) is 4.98. The summed E-state index contributed by atoms with van der Waals surface area (Å²) in [6, 6.07) is 7.99. The summed E-state index contributed by atoms with van der Waals surface area (Å²) >= 11 is 0. The Kier molecular flexibility index (Phi) is 3.03. The third-order valence-electron chi connectivity index (χ3n) is 3.25. The molecule has 6 nitrogen and oxygen atoms in total. The van der Waals surface area contributed by atoms with E-state index in [1.165, 1.54) is 17.1 Å². The van der Waals surface area contributed by atoms with Crippen molar-refractivity contribution in [3.8, 4) is 11.8 Å². The molecule has 3 rings (SSSR count). The number of benzene rings is 1. The van der Waals surface area contributed by atoms with Gasteiger partial charge in [-0.15, -0.1) is 0 Å². The van der Waals surface area contributed by atoms with E-state index in [2.05, 4.69) is 16.1 Å². The van der Waals surface area contributed by atoms with Gasteiger partial charge >= 0.3 is 0 Å². The first kappa shape index (κ1) is 13.1. The normalized spacial score (nSPS) is 10.7. The maximum absolute atomic E-state index is 12.2. The lowest BCUT2D eigenvalue weighted by Crippen LogP contribution is -2.19. The van der Waals surface area contributed by atoms with Crippen LogP contribution in [-0.4, -0.2) is 19.3 Å². The van der Waals surface area contributed by atoms with Gasteiger partial charge in [0, 0.05) is 0 Å². The minimum absolute atomic E-state index is 0.0174. The van der Waals surface area contributed by atoms with Gasteiger partial charge in [-0.05, 0) is 37.1 Å². The first-order valence-electron chi connectivity index (χ1n) is 6.49. The summed E-state index contributed by atoms with van der Waals surface area (Å²) in [5.74, 6) is 0. The molecule has 0 bridgehead atoms. The summed E-state index contributed by atoms with van der Waals surface area (Å²) in [6.07, 6.45) is 2.88. The lowest BCUT2D eigenvalue weighted by molar-refractivity contribution is 0.771. The molecule has 21 heavy (non-hydrogen) atoms. The predicted octanol–water partition coefficient (Wildman–Crippen LogP) is 1.72. The van der Waals surface area contributed by atoms with Crippen molar-refractivity contribution in [1.82, 2.24) is 19.3 Å². The molecule has 0 unspecified atom stereocenters. The Morgan fingerprint density at radius 2 is 1.95 bits per heavy atom. The van der Waals surface area contributed by atoms with Crippen LogP contribution in [0.1, 0.15) is 11.1 Å². The first-order chi connectivity index (χ1) is 10.1. The molecule has 0 N–H and O–H groups in total. The molecule has 0 atom stereocenters. The zero-order chi connectivity index (χ0) is 15.0. The van der Waals surface area contributed by atoms with Crippen molar-refractivity contribution < 1.29 is 0 Å². The molecule has 2 aromatic heterocycles. The summed E-state index contributed by atoms with van der Waals surface area (Å²) < 4.78 is 2.92. The maximum atomic E-state index is 12.2. The maximum Gasteiger partial charge on any atom is 0.265 e. The van der Waals surface area contributed by atoms with Gasteiger partial charge in [-0.1, -0.05) is 6.07 Å². The van der Waals surface area contributed by atoms with Gasteiger partial charge in [0.15, 0.2) is 5.65 Å². The number of aryl methyl sites for hydroxylation is 2. The minimum Gasteiger partial charge on any atom is -0.285 e. The van der Waals surface area contributed by atoms with E-state index in [9.17, 15) is 4.79 Å². The molecule has 0 aliphatic rings. The highest BCUT2D eigenvalue weighted by Gasteiger charge is 2.11. The minimum atomic E-state index is -0.253. The van der Waals surface area contributed by atoms with Gasteiger partial charge in [0.25, 0.3) is 5.56 Å². The van der Waals surface area contributed by atoms with E-state index < -0.39 is 0 Å². The van der Waals surface area contributed by atoms with Crippen LogP contribution >= 0.6 is 0 Å². The standard InChI is InChI=1S/C15H13N5O/c1-10-5-11(2)7-12(6-10)20-14-13(8-18-20)15(21)19(4-3-16)9-17-14/h5-9H,4H2,1-2H3. The van der Waals surface area contributed by atoms with Crippen LogP contribution in [0, 0.1) is 25.2 Å². The average Bonchev–Trinajstić information content (AvgIpc) is 2.85. The summed E-state index contributed by atoms with van der Waals surface area (Å²) in [5.41, 5.74) is 3.35. The second-order valence-corrected chi connectivity index (χ2v) is 4.98. The Balaban J connectivity index is 2.24. The summed E-state index contributed by atoms with van der Waals surface area (Å²) in [6.45, 7) is 4.00. The predicted molar refractivity (Wildman–Crippen MR) is 78.2 cm³/mol. The molecule has 1 aromatic carbocycles. The Morgan fingerprint density at radius 1 is 1.24 bits per heavy atom. The van der Waals surface area contributed by atoms with E-state index >= 15 is 0 Å². The van der Waals surface area contributed by atoms with Crippen molar-refractivity contribution in [1.29, 1.82) is 5.26 Å². The Hall–Kier alpha value is -2.94. The van der Waals surface area contributed by atoms with E-state index in [0.29, 0.717) is 11.0 Å². The molecule has 0 fully saturated rings. The first-order valence-corrected chi connectivity index (χ1v) is 6.49. The topological polar surface area (TPSA) is 76.5 Å². The van der Waals surface area contributed by atoms with Gasteiger partial charge in [-0.2, -0.15) is 10.4 Å². The summed E-state index contributed by atoms with van der Waals surface area (Å²) in [5, 5.41) is 13.4. The fraction of sp³-hybridized carbons (Fsp3) is 0.200. The van der Waals surface area contributed by atoms with E-state index in [0.717, 1.165) is 16.8 Å². The smallest absolute Gasteiger partial charge is 0.265 e. The van der Waals surface area contributed by atoms with Crippen molar-refractivity contribution in [3.05, 3.63) is 52.2 Å². The monoisotopic (exact) mass is 279 g/mol. The van der Waals surface area contributed by atoms with Crippen LogP contribution in [-0.2, 0) is 6.54 Å². The second kappa shape index (κ2) is 4.87. The average molecular weight is 279 g/mol. The molecule has 3 aromatic rings. The quantitative estimate of drug-likeness (QED) is 0.715. The highest BCUT2D eigenvalue weighted by atomic mass is 16.1. The number of nitriles is 1. The van der Waals surface area contributed by atoms with E-state index in [-0.39, 0.29) is 12.1 Å². The van der Waals surface area contributed by atoms with Gasteiger partial charge in [-0.25, -0.2) is 9.67 Å². The molecule has 0 saturated carbocycles. The molecule has 0 aliphatic carbocycles. The molecule has 0 amide bonds. The van der Waals surface area contributed by atoms with Crippen molar-refractivity contribution in [2.45, 2.75) is 20.4 Å². The highest BCUT2D eigenvalue weighted by Crippen LogP contribution is 2.16. The Morgan fingerprint density at radius 3 is 2.62 bits per heavy atom. The molecule has 104 valence electrons. The number of hydrogen-bond acceptors (Lipinski definition) is 4. The Labute approximate surface area is 120 Å². The highest BCUT2D eigenvalue weighted by molar-refractivity contribution is 5.75. The Bertz CT molecular complexity index is 909. The summed E-state index contributed by atoms with van der Waals surface area (Å²) in [7, 11) is 0. The zero-order valence-electron chi connectivity index (χ0n) is 11.7. The summed E-state index contributed by atoms with van der Waals surface area (Å²) in [4.78, 5) is 16.5. The van der Waals surface area contributed by atoms with Gasteiger partial charge < -0.3 is 0 Å². The van der Waals surface area contributed by atoms with Crippen molar-refractivity contribution in [2.24, 2.45) is 0 Å². The van der Waals surface area contributed by atoms with E-state index in [4.69, 9.17) is 5.26 Å². The molecule has 6 heteroatoms. The van der Waals surface area contributed by atoms with Crippen molar-refractivity contribution in [2.75, 3.05) is 0 Å². The third kappa shape index (κ3) is 2.19. The molecule has 2 heterocycles. The van der Waals surface area contributed by atoms with Crippen LogP contribution < -0.4 is 5.56 Å². The van der Waals surface area contributed by atoms with E-state index in [1.807, 2.05) is 32.0 Å². The van der Waals surface area contributed by atoms with Gasteiger partial charge in [0.1, 0.15) is 18.3 Å². The van der Waals surface area contributed by atoms with Gasteiger partial charge in [0.05, 0.1) is 18.0 Å². The number of rotatable bonds is 2. The van der Waals surface area contributed by atoms with Crippen LogP contribution in [0.25, 0.3) is 16.7 Å². The van der Waals surface area contributed by atoms with Gasteiger partial charge in [-0.3, -0.25) is 9.36 Å². The van der Waals surface area contributed by atoms with Crippen LogP contribution in [0.4, 0.5) is 0 Å². The van der Waals surface area contributed by atoms with Gasteiger partial charge in [0.2, 0.25) is 0 Å². The third-order valence-corrected chi connectivity index (χ3v) is 3.25. The lowest BCUT2D eigenvalue weighted by Gasteiger charge is -2.06. The number of hydrogen-bond donors (Lipinski definition) is 0. The molecule has 0 aliphatic heterocycles. The van der Waals surface area contributed by atoms with Crippen LogP contribution in [0.2, 0.25) is 0 Å². The van der Waals surface area contributed by atoms with E-state index in [1.54, 1.807) is 4.68 Å². The zero-order valence-corrected chi connectivity index (χ0v) is 11.7. The molecule has 0 spiro atoms. The fourth-order valence-corrected chi connectivity index (χ4v) is 2.40.